The molecule has 21 heavy (non-hydrogen) atoms. The highest BCUT2D eigenvalue weighted by molar-refractivity contribution is 9.10. The first-order chi connectivity index (χ1) is 10.1. The van der Waals surface area contributed by atoms with Gasteiger partial charge in [0.15, 0.2) is 5.78 Å². The Kier molecular flexibility index (Phi) is 3.35. The Morgan fingerprint density at radius 3 is 2.43 bits per heavy atom. The number of halogens is 1. The molecule has 0 aliphatic heterocycles. The summed E-state index contributed by atoms with van der Waals surface area (Å²) in [5.74, 6) is -1.42. The van der Waals surface area contributed by atoms with Crippen molar-refractivity contribution >= 4 is 38.6 Å². The molecule has 0 aliphatic rings. The quantitative estimate of drug-likeness (QED) is 0.709. The van der Waals surface area contributed by atoms with E-state index in [-0.39, 0.29) is 16.9 Å². The lowest BCUT2D eigenvalue weighted by atomic mass is 9.98. The summed E-state index contributed by atoms with van der Waals surface area (Å²) in [6.45, 7) is 0. The molecule has 0 bridgehead atoms. The van der Waals surface area contributed by atoms with E-state index in [4.69, 9.17) is 0 Å². The molecule has 0 spiro atoms. The average Bonchev–Trinajstić information content (AvgIpc) is 2.89. The highest BCUT2D eigenvalue weighted by Gasteiger charge is 2.20. The second kappa shape index (κ2) is 5.18. The molecule has 5 heteroatoms. The van der Waals surface area contributed by atoms with Crippen LogP contribution in [0, 0.1) is 0 Å². The van der Waals surface area contributed by atoms with Crippen LogP contribution in [0.15, 0.2) is 53.1 Å². The molecule has 3 rings (SSSR count). The minimum atomic E-state index is -1.11. The number of hydrogen-bond acceptors (Lipinski definition) is 2. The Morgan fingerprint density at radius 1 is 1.00 bits per heavy atom. The molecule has 0 fully saturated rings. The van der Waals surface area contributed by atoms with E-state index >= 15 is 0 Å². The Hall–Kier alpha value is -2.40. The monoisotopic (exact) mass is 343 g/mol. The Balaban J connectivity index is 2.18. The number of ketones is 1. The number of rotatable bonds is 3. The highest BCUT2D eigenvalue weighted by atomic mass is 79.9. The van der Waals surface area contributed by atoms with E-state index in [2.05, 4.69) is 20.9 Å². The van der Waals surface area contributed by atoms with Gasteiger partial charge in [-0.25, -0.2) is 4.79 Å². The summed E-state index contributed by atoms with van der Waals surface area (Å²) < 4.78 is 0.857. The molecule has 104 valence electrons. The lowest BCUT2D eigenvalue weighted by Crippen LogP contribution is -2.09. The molecule has 0 aliphatic carbocycles. The van der Waals surface area contributed by atoms with Crippen LogP contribution in [0.5, 0.6) is 0 Å². The van der Waals surface area contributed by atoms with E-state index in [1.165, 1.54) is 12.1 Å². The van der Waals surface area contributed by atoms with Gasteiger partial charge in [-0.2, -0.15) is 0 Å². The van der Waals surface area contributed by atoms with E-state index in [1.54, 1.807) is 18.3 Å². The maximum absolute atomic E-state index is 12.7. The molecule has 2 N–H and O–H groups in total. The molecule has 0 atom stereocenters. The third-order valence-electron chi connectivity index (χ3n) is 3.29. The van der Waals surface area contributed by atoms with Crippen molar-refractivity contribution in [1.82, 2.24) is 4.98 Å². The molecule has 0 saturated heterocycles. The number of fused-ring (bicyclic) bond motifs is 1. The van der Waals surface area contributed by atoms with Crippen LogP contribution < -0.4 is 0 Å². The third kappa shape index (κ3) is 2.36. The van der Waals surface area contributed by atoms with Gasteiger partial charge in [-0.3, -0.25) is 4.79 Å². The van der Waals surface area contributed by atoms with Crippen molar-refractivity contribution in [3.05, 3.63) is 69.8 Å². The highest BCUT2D eigenvalue weighted by Crippen LogP contribution is 2.25. The van der Waals surface area contributed by atoms with Crippen LogP contribution in [-0.2, 0) is 0 Å². The number of aromatic amines is 1. The van der Waals surface area contributed by atoms with Gasteiger partial charge in [-0.1, -0.05) is 34.1 Å². The van der Waals surface area contributed by atoms with Crippen molar-refractivity contribution in [2.45, 2.75) is 0 Å². The summed E-state index contributed by atoms with van der Waals surface area (Å²) in [6, 6.07) is 11.8. The molecule has 1 heterocycles. The third-order valence-corrected chi connectivity index (χ3v) is 3.78. The summed E-state index contributed by atoms with van der Waals surface area (Å²) in [7, 11) is 0. The van der Waals surface area contributed by atoms with Gasteiger partial charge in [-0.05, 0) is 24.3 Å². The largest absolute Gasteiger partial charge is 0.478 e. The van der Waals surface area contributed by atoms with Crippen molar-refractivity contribution in [3.63, 3.8) is 0 Å². The number of benzene rings is 2. The second-order valence-corrected chi connectivity index (χ2v) is 5.49. The van der Waals surface area contributed by atoms with Gasteiger partial charge in [0.25, 0.3) is 0 Å². The SMILES string of the molecule is O=C(O)c1ccccc1C(=O)c1c[nH]c2ccc(Br)cc12. The molecule has 1 aromatic heterocycles. The standard InChI is InChI=1S/C16H10BrNO3/c17-9-5-6-14-12(7-9)13(8-18-14)15(19)10-3-1-2-4-11(10)16(20)21/h1-8,18H,(H,20,21). The van der Waals surface area contributed by atoms with Crippen LogP contribution in [0.3, 0.4) is 0 Å². The first-order valence-electron chi connectivity index (χ1n) is 6.21. The molecule has 0 amide bonds. The Morgan fingerprint density at radius 2 is 1.71 bits per heavy atom. The zero-order chi connectivity index (χ0) is 15.0. The number of aromatic carboxylic acids is 1. The average molecular weight is 344 g/mol. The molecule has 2 aromatic carbocycles. The first-order valence-corrected chi connectivity index (χ1v) is 7.01. The van der Waals surface area contributed by atoms with Gasteiger partial charge in [0, 0.05) is 32.7 Å². The maximum atomic E-state index is 12.7. The summed E-state index contributed by atoms with van der Waals surface area (Å²) in [6.07, 6.45) is 1.61. The van der Waals surface area contributed by atoms with E-state index in [1.807, 2.05) is 18.2 Å². The molecular formula is C16H10BrNO3. The lowest BCUT2D eigenvalue weighted by molar-refractivity contribution is 0.0693. The number of carboxylic acids is 1. The van der Waals surface area contributed by atoms with E-state index in [0.717, 1.165) is 15.4 Å². The number of nitrogens with one attached hydrogen (secondary N) is 1. The van der Waals surface area contributed by atoms with Crippen molar-refractivity contribution < 1.29 is 14.7 Å². The normalized spacial score (nSPS) is 10.7. The van der Waals surface area contributed by atoms with Gasteiger partial charge in [0.1, 0.15) is 0 Å². The zero-order valence-corrected chi connectivity index (χ0v) is 12.3. The predicted octanol–water partition coefficient (Wildman–Crippen LogP) is 3.86. The fourth-order valence-corrected chi connectivity index (χ4v) is 2.65. The van der Waals surface area contributed by atoms with Gasteiger partial charge in [-0.15, -0.1) is 0 Å². The van der Waals surface area contributed by atoms with Gasteiger partial charge >= 0.3 is 5.97 Å². The van der Waals surface area contributed by atoms with Crippen LogP contribution in [0.1, 0.15) is 26.3 Å². The van der Waals surface area contributed by atoms with E-state index in [0.29, 0.717) is 5.56 Å². The summed E-state index contributed by atoms with van der Waals surface area (Å²) in [5.41, 5.74) is 1.48. The minimum Gasteiger partial charge on any atom is -0.478 e. The fourth-order valence-electron chi connectivity index (χ4n) is 2.29. The van der Waals surface area contributed by atoms with Crippen LogP contribution in [0.4, 0.5) is 0 Å². The van der Waals surface area contributed by atoms with Crippen LogP contribution in [-0.4, -0.2) is 21.8 Å². The van der Waals surface area contributed by atoms with Crippen LogP contribution in [0.25, 0.3) is 10.9 Å². The van der Waals surface area contributed by atoms with Crippen LogP contribution >= 0.6 is 15.9 Å². The van der Waals surface area contributed by atoms with Gasteiger partial charge < -0.3 is 10.1 Å². The summed E-state index contributed by atoms with van der Waals surface area (Å²) in [4.78, 5) is 26.9. The lowest BCUT2D eigenvalue weighted by Gasteiger charge is -2.04. The maximum Gasteiger partial charge on any atom is 0.336 e. The van der Waals surface area contributed by atoms with Crippen molar-refractivity contribution in [2.24, 2.45) is 0 Å². The minimum absolute atomic E-state index is 0.00634. The van der Waals surface area contributed by atoms with E-state index in [9.17, 15) is 14.7 Å². The number of hydrogen-bond donors (Lipinski definition) is 2. The Labute approximate surface area is 128 Å². The van der Waals surface area contributed by atoms with Gasteiger partial charge in [0.05, 0.1) is 5.56 Å². The predicted molar refractivity (Wildman–Crippen MR) is 82.8 cm³/mol. The zero-order valence-electron chi connectivity index (χ0n) is 10.8. The topological polar surface area (TPSA) is 70.2 Å². The summed E-state index contributed by atoms with van der Waals surface area (Å²) >= 11 is 3.38. The first kappa shape index (κ1) is 13.6. The Bertz CT molecular complexity index is 867. The fraction of sp³-hybridized carbons (Fsp3) is 0. The molecule has 0 saturated carbocycles. The molecule has 0 radical (unpaired) electrons. The second-order valence-electron chi connectivity index (χ2n) is 4.57. The molecule has 3 aromatic rings. The van der Waals surface area contributed by atoms with Crippen LogP contribution in [0.2, 0.25) is 0 Å². The molecule has 4 nitrogen and oxygen atoms in total. The van der Waals surface area contributed by atoms with Crippen molar-refractivity contribution in [1.29, 1.82) is 0 Å². The smallest absolute Gasteiger partial charge is 0.336 e. The summed E-state index contributed by atoms with van der Waals surface area (Å²) in [5, 5.41) is 9.96. The molecular weight excluding hydrogens is 334 g/mol. The molecule has 0 unspecified atom stereocenters. The number of H-pyrrole nitrogens is 1. The number of aromatic nitrogens is 1. The number of carboxylic acid groups (broad SMARTS) is 1. The van der Waals surface area contributed by atoms with E-state index < -0.39 is 5.97 Å². The van der Waals surface area contributed by atoms with Crippen molar-refractivity contribution in [3.8, 4) is 0 Å². The number of carbonyl (C=O) groups is 2. The van der Waals surface area contributed by atoms with Gasteiger partial charge in [0.2, 0.25) is 0 Å². The number of carbonyl (C=O) groups excluding carboxylic acids is 1. The van der Waals surface area contributed by atoms with Crippen molar-refractivity contribution in [2.75, 3.05) is 0 Å².